The number of nitrogens with zero attached hydrogens (tertiary/aromatic N) is 3. The summed E-state index contributed by atoms with van der Waals surface area (Å²) in [6.07, 6.45) is 5.16. The average molecular weight is 322 g/mol. The van der Waals surface area contributed by atoms with Gasteiger partial charge in [-0.25, -0.2) is 9.67 Å². The highest BCUT2D eigenvalue weighted by Crippen LogP contribution is 2.25. The Morgan fingerprint density at radius 2 is 2.26 bits per heavy atom. The lowest BCUT2D eigenvalue weighted by Crippen LogP contribution is -2.18. The Labute approximate surface area is 120 Å². The molecule has 5 heteroatoms. The number of ether oxygens (including phenoxy) is 1. The average Bonchev–Trinajstić information content (AvgIpc) is 2.93. The zero-order valence-electron chi connectivity index (χ0n) is 10.8. The van der Waals surface area contributed by atoms with Crippen LogP contribution in [0.2, 0.25) is 0 Å². The van der Waals surface area contributed by atoms with E-state index in [1.54, 1.807) is 6.33 Å². The third-order valence-electron chi connectivity index (χ3n) is 3.38. The highest BCUT2D eigenvalue weighted by molar-refractivity contribution is 9.10. The Morgan fingerprint density at radius 1 is 1.37 bits per heavy atom. The van der Waals surface area contributed by atoms with E-state index in [1.807, 2.05) is 16.8 Å². The SMILES string of the molecule is Cc1cc(-c2ncn(C3CCCCO3)n2)ccc1Br. The van der Waals surface area contributed by atoms with Gasteiger partial charge in [-0.05, 0) is 49.9 Å². The monoisotopic (exact) mass is 321 g/mol. The van der Waals surface area contributed by atoms with E-state index < -0.39 is 0 Å². The van der Waals surface area contributed by atoms with Gasteiger partial charge in [0.05, 0.1) is 0 Å². The van der Waals surface area contributed by atoms with E-state index in [4.69, 9.17) is 4.74 Å². The predicted molar refractivity (Wildman–Crippen MR) is 76.7 cm³/mol. The van der Waals surface area contributed by atoms with Crippen molar-refractivity contribution in [1.82, 2.24) is 14.8 Å². The molecule has 4 nitrogen and oxygen atoms in total. The molecule has 0 N–H and O–H groups in total. The van der Waals surface area contributed by atoms with Gasteiger partial charge >= 0.3 is 0 Å². The molecule has 2 heterocycles. The van der Waals surface area contributed by atoms with E-state index in [0.717, 1.165) is 35.3 Å². The molecule has 1 aliphatic rings. The maximum absolute atomic E-state index is 5.71. The van der Waals surface area contributed by atoms with Crippen LogP contribution in [0.3, 0.4) is 0 Å². The van der Waals surface area contributed by atoms with E-state index in [1.165, 1.54) is 12.0 Å². The zero-order valence-corrected chi connectivity index (χ0v) is 12.4. The molecule has 0 saturated carbocycles. The van der Waals surface area contributed by atoms with Crippen LogP contribution in [-0.4, -0.2) is 21.4 Å². The largest absolute Gasteiger partial charge is 0.356 e. The van der Waals surface area contributed by atoms with Crippen LogP contribution in [0.5, 0.6) is 0 Å². The second-order valence-electron chi connectivity index (χ2n) is 4.83. The normalized spacial score (nSPS) is 19.6. The highest BCUT2D eigenvalue weighted by Gasteiger charge is 2.17. The summed E-state index contributed by atoms with van der Waals surface area (Å²) >= 11 is 3.50. The molecule has 0 amide bonds. The first-order valence-corrected chi connectivity index (χ1v) is 7.32. The lowest BCUT2D eigenvalue weighted by molar-refractivity contribution is -0.0395. The third kappa shape index (κ3) is 2.72. The quantitative estimate of drug-likeness (QED) is 0.846. The molecule has 1 aromatic heterocycles. The fourth-order valence-corrected chi connectivity index (χ4v) is 2.51. The second-order valence-corrected chi connectivity index (χ2v) is 5.69. The summed E-state index contributed by atoms with van der Waals surface area (Å²) in [5.74, 6) is 0.754. The van der Waals surface area contributed by atoms with Crippen molar-refractivity contribution in [3.63, 3.8) is 0 Å². The van der Waals surface area contributed by atoms with Gasteiger partial charge in [0.15, 0.2) is 12.1 Å². The number of aryl methyl sites for hydroxylation is 1. The molecule has 19 heavy (non-hydrogen) atoms. The number of rotatable bonds is 2. The topological polar surface area (TPSA) is 39.9 Å². The summed E-state index contributed by atoms with van der Waals surface area (Å²) in [4.78, 5) is 4.39. The summed E-state index contributed by atoms with van der Waals surface area (Å²) in [6, 6.07) is 6.15. The van der Waals surface area contributed by atoms with Gasteiger partial charge in [0.1, 0.15) is 6.33 Å². The van der Waals surface area contributed by atoms with E-state index >= 15 is 0 Å². The molecule has 0 bridgehead atoms. The molecule has 1 saturated heterocycles. The first-order chi connectivity index (χ1) is 9.24. The van der Waals surface area contributed by atoms with Crippen molar-refractivity contribution >= 4 is 15.9 Å². The Hall–Kier alpha value is -1.20. The zero-order chi connectivity index (χ0) is 13.2. The fraction of sp³-hybridized carbons (Fsp3) is 0.429. The van der Waals surface area contributed by atoms with Crippen LogP contribution in [0.25, 0.3) is 11.4 Å². The molecule has 1 atom stereocenters. The molecule has 1 aliphatic heterocycles. The van der Waals surface area contributed by atoms with Crippen LogP contribution < -0.4 is 0 Å². The van der Waals surface area contributed by atoms with Gasteiger partial charge in [-0.1, -0.05) is 15.9 Å². The minimum absolute atomic E-state index is 0.0477. The van der Waals surface area contributed by atoms with Crippen LogP contribution in [0.15, 0.2) is 29.0 Å². The Morgan fingerprint density at radius 3 is 3.00 bits per heavy atom. The molecule has 0 spiro atoms. The van der Waals surface area contributed by atoms with Crippen LogP contribution in [0.1, 0.15) is 31.1 Å². The minimum Gasteiger partial charge on any atom is -0.356 e. The number of halogens is 1. The molecule has 1 unspecified atom stereocenters. The Kier molecular flexibility index (Phi) is 3.66. The van der Waals surface area contributed by atoms with Crippen LogP contribution >= 0.6 is 15.9 Å². The maximum atomic E-state index is 5.71. The third-order valence-corrected chi connectivity index (χ3v) is 4.27. The standard InChI is InChI=1S/C14H16BrN3O/c1-10-8-11(5-6-12(10)15)14-16-9-18(17-14)13-4-2-3-7-19-13/h5-6,8-9,13H,2-4,7H2,1H3. The Bertz CT molecular complexity index is 576. The van der Waals surface area contributed by atoms with Crippen LogP contribution in [-0.2, 0) is 4.74 Å². The predicted octanol–water partition coefficient (Wildman–Crippen LogP) is 3.72. The second kappa shape index (κ2) is 5.43. The fourth-order valence-electron chi connectivity index (χ4n) is 2.26. The van der Waals surface area contributed by atoms with Gasteiger partial charge in [0, 0.05) is 16.6 Å². The van der Waals surface area contributed by atoms with Crippen molar-refractivity contribution in [3.8, 4) is 11.4 Å². The molecular formula is C14H16BrN3O. The van der Waals surface area contributed by atoms with Gasteiger partial charge in [0.25, 0.3) is 0 Å². The smallest absolute Gasteiger partial charge is 0.181 e. The number of hydrogen-bond donors (Lipinski definition) is 0. The number of benzene rings is 1. The number of hydrogen-bond acceptors (Lipinski definition) is 3. The molecule has 0 aliphatic carbocycles. The molecule has 100 valence electrons. The van der Waals surface area contributed by atoms with Crippen molar-refractivity contribution < 1.29 is 4.74 Å². The Balaban J connectivity index is 1.85. The summed E-state index contributed by atoms with van der Waals surface area (Å²) in [5.41, 5.74) is 2.22. The first kappa shape index (κ1) is 12.8. The van der Waals surface area contributed by atoms with E-state index in [0.29, 0.717) is 0 Å². The molecular weight excluding hydrogens is 306 g/mol. The van der Waals surface area contributed by atoms with E-state index in [-0.39, 0.29) is 6.23 Å². The molecule has 3 rings (SSSR count). The van der Waals surface area contributed by atoms with Gasteiger partial charge in [-0.15, -0.1) is 5.10 Å². The first-order valence-electron chi connectivity index (χ1n) is 6.53. The van der Waals surface area contributed by atoms with E-state index in [2.05, 4.69) is 39.0 Å². The highest BCUT2D eigenvalue weighted by atomic mass is 79.9. The van der Waals surface area contributed by atoms with Crippen molar-refractivity contribution in [1.29, 1.82) is 0 Å². The number of aromatic nitrogens is 3. The minimum atomic E-state index is 0.0477. The maximum Gasteiger partial charge on any atom is 0.181 e. The molecule has 1 aromatic carbocycles. The summed E-state index contributed by atoms with van der Waals surface area (Å²) < 4.78 is 8.65. The lowest BCUT2D eigenvalue weighted by Gasteiger charge is -2.21. The summed E-state index contributed by atoms with van der Waals surface area (Å²) in [7, 11) is 0. The van der Waals surface area contributed by atoms with E-state index in [9.17, 15) is 0 Å². The van der Waals surface area contributed by atoms with Crippen molar-refractivity contribution in [3.05, 3.63) is 34.6 Å². The van der Waals surface area contributed by atoms with Gasteiger partial charge in [-0.2, -0.15) is 0 Å². The molecule has 1 fully saturated rings. The van der Waals surface area contributed by atoms with Crippen molar-refractivity contribution in [2.45, 2.75) is 32.4 Å². The van der Waals surface area contributed by atoms with Crippen molar-refractivity contribution in [2.24, 2.45) is 0 Å². The van der Waals surface area contributed by atoms with Gasteiger partial charge in [0.2, 0.25) is 0 Å². The van der Waals surface area contributed by atoms with Gasteiger partial charge in [-0.3, -0.25) is 0 Å². The molecule has 0 radical (unpaired) electrons. The summed E-state index contributed by atoms with van der Waals surface area (Å²) in [6.45, 7) is 2.88. The molecule has 2 aromatic rings. The van der Waals surface area contributed by atoms with Crippen molar-refractivity contribution in [2.75, 3.05) is 6.61 Å². The van der Waals surface area contributed by atoms with Crippen LogP contribution in [0.4, 0.5) is 0 Å². The lowest BCUT2D eigenvalue weighted by atomic mass is 10.1. The van der Waals surface area contributed by atoms with Crippen LogP contribution in [0, 0.1) is 6.92 Å². The summed E-state index contributed by atoms with van der Waals surface area (Å²) in [5, 5.41) is 4.54. The van der Waals surface area contributed by atoms with Gasteiger partial charge < -0.3 is 4.74 Å².